The number of nitrogens with two attached hydrogens (primary N) is 1. The van der Waals surface area contributed by atoms with Crippen molar-refractivity contribution in [2.24, 2.45) is 5.92 Å². The molecular formula is C20H35N6O5P. The van der Waals surface area contributed by atoms with Crippen molar-refractivity contribution in [1.29, 1.82) is 0 Å². The van der Waals surface area contributed by atoms with Gasteiger partial charge in [0, 0.05) is 6.61 Å². The van der Waals surface area contributed by atoms with Gasteiger partial charge in [-0.15, -0.1) is 0 Å². The first-order valence-electron chi connectivity index (χ1n) is 11.2. The van der Waals surface area contributed by atoms with Crippen molar-refractivity contribution in [3.8, 4) is 0 Å². The van der Waals surface area contributed by atoms with Gasteiger partial charge in [-0.25, -0.2) is 20.0 Å². The lowest BCUT2D eigenvalue weighted by atomic mass is 10.00. The minimum Gasteiger partial charge on any atom is -0.382 e. The molecule has 5 atom stereocenters. The van der Waals surface area contributed by atoms with Gasteiger partial charge in [-0.2, -0.15) is 0 Å². The first-order chi connectivity index (χ1) is 15.4. The number of hydrogen-bond donors (Lipinski definition) is 3. The van der Waals surface area contributed by atoms with Crippen LogP contribution in [0.2, 0.25) is 0 Å². The fourth-order valence-electron chi connectivity index (χ4n) is 3.54. The highest BCUT2D eigenvalue weighted by Crippen LogP contribution is 2.47. The Morgan fingerprint density at radius 2 is 2.19 bits per heavy atom. The molecular weight excluding hydrogens is 435 g/mol. The lowest BCUT2D eigenvalue weighted by Crippen LogP contribution is -2.46. The van der Waals surface area contributed by atoms with Crippen LogP contribution in [0.15, 0.2) is 12.7 Å². The number of ether oxygens (including phenoxy) is 2. The molecule has 0 aromatic carbocycles. The molecule has 0 radical (unpaired) electrons. The van der Waals surface area contributed by atoms with E-state index in [0.717, 1.165) is 25.7 Å². The number of nitrogens with zero attached hydrogens (tertiary/aromatic N) is 4. The minimum atomic E-state index is -3.30. The molecule has 3 heterocycles. The van der Waals surface area contributed by atoms with Gasteiger partial charge in [-0.1, -0.05) is 40.0 Å². The Morgan fingerprint density at radius 1 is 1.38 bits per heavy atom. The minimum absolute atomic E-state index is 0.0331. The molecule has 180 valence electrons. The number of nitrogens with one attached hydrogen (secondary N) is 1. The van der Waals surface area contributed by atoms with Crippen LogP contribution in [0.3, 0.4) is 0 Å². The van der Waals surface area contributed by atoms with E-state index in [4.69, 9.17) is 19.7 Å². The second-order valence-corrected chi connectivity index (χ2v) is 10.3. The summed E-state index contributed by atoms with van der Waals surface area (Å²) in [5.74, 6) is 0.348. The summed E-state index contributed by atoms with van der Waals surface area (Å²) in [5, 5.41) is 13.6. The maximum Gasteiger partial charge on any atom is 0.295 e. The van der Waals surface area contributed by atoms with Crippen molar-refractivity contribution in [3.05, 3.63) is 12.7 Å². The van der Waals surface area contributed by atoms with Crippen molar-refractivity contribution in [1.82, 2.24) is 24.6 Å². The largest absolute Gasteiger partial charge is 0.382 e. The number of fused-ring (bicyclic) bond motifs is 1. The number of aromatic nitrogens is 4. The zero-order chi connectivity index (χ0) is 23.1. The Labute approximate surface area is 188 Å². The fraction of sp³-hybridized carbons (Fsp3) is 0.750. The summed E-state index contributed by atoms with van der Waals surface area (Å²) in [6.45, 7) is 7.11. The molecule has 1 fully saturated rings. The van der Waals surface area contributed by atoms with E-state index in [2.05, 4.69) is 27.0 Å². The van der Waals surface area contributed by atoms with Gasteiger partial charge in [0.05, 0.1) is 25.5 Å². The molecule has 11 nitrogen and oxygen atoms in total. The molecule has 3 rings (SSSR count). The molecule has 0 spiro atoms. The van der Waals surface area contributed by atoms with Crippen molar-refractivity contribution in [3.63, 3.8) is 0 Å². The standard InChI is InChI=1S/C20H35N6O5P/c1-4-6-7-8-29-20(27)16(14(3)5-2)25-32(28)13-30-15(10-31-32)9-26-12-24-17-18(21)22-11-23-19(17)26/h11-12,14-16,20,27H,4-10,13H2,1-3H3,(H,25,28)(H2,21,22,23)/t14?,15-,16-,20?,32?/m0/s1. The smallest absolute Gasteiger partial charge is 0.295 e. The van der Waals surface area contributed by atoms with Crippen molar-refractivity contribution in [2.45, 2.75) is 71.4 Å². The summed E-state index contributed by atoms with van der Waals surface area (Å²) >= 11 is 0. The molecule has 0 bridgehead atoms. The van der Waals surface area contributed by atoms with Crippen molar-refractivity contribution < 1.29 is 23.7 Å². The molecule has 0 amide bonds. The van der Waals surface area contributed by atoms with Crippen LogP contribution in [0.1, 0.15) is 46.5 Å². The predicted molar refractivity (Wildman–Crippen MR) is 121 cm³/mol. The van der Waals surface area contributed by atoms with E-state index in [1.807, 2.05) is 13.8 Å². The molecule has 1 aliphatic heterocycles. The molecule has 4 N–H and O–H groups in total. The highest BCUT2D eigenvalue weighted by molar-refractivity contribution is 7.56. The summed E-state index contributed by atoms with van der Waals surface area (Å²) < 4.78 is 32.3. The Kier molecular flexibility index (Phi) is 8.98. The molecule has 12 heteroatoms. The molecule has 0 aliphatic carbocycles. The van der Waals surface area contributed by atoms with Crippen LogP contribution in [0, 0.1) is 5.92 Å². The predicted octanol–water partition coefficient (Wildman–Crippen LogP) is 2.50. The molecule has 2 aromatic heterocycles. The quantitative estimate of drug-likeness (QED) is 0.240. The van der Waals surface area contributed by atoms with Gasteiger partial charge in [0.25, 0.3) is 7.52 Å². The van der Waals surface area contributed by atoms with Crippen LogP contribution < -0.4 is 10.8 Å². The lowest BCUT2D eigenvalue weighted by Gasteiger charge is -2.35. The molecule has 1 aliphatic rings. The van der Waals surface area contributed by atoms with E-state index in [1.165, 1.54) is 6.33 Å². The zero-order valence-electron chi connectivity index (χ0n) is 19.0. The van der Waals surface area contributed by atoms with Crippen LogP contribution in [0.5, 0.6) is 0 Å². The highest BCUT2D eigenvalue weighted by Gasteiger charge is 2.38. The summed E-state index contributed by atoms with van der Waals surface area (Å²) in [4.78, 5) is 12.4. The molecule has 32 heavy (non-hydrogen) atoms. The lowest BCUT2D eigenvalue weighted by molar-refractivity contribution is -0.127. The monoisotopic (exact) mass is 470 g/mol. The number of aliphatic hydroxyl groups excluding tert-OH is 1. The maximum absolute atomic E-state index is 13.3. The third kappa shape index (κ3) is 6.24. The third-order valence-corrected chi connectivity index (χ3v) is 7.47. The third-order valence-electron chi connectivity index (χ3n) is 5.73. The number of nitrogen functional groups attached to an aromatic ring is 1. The highest BCUT2D eigenvalue weighted by atomic mass is 31.2. The van der Waals surface area contributed by atoms with Gasteiger partial charge in [0.1, 0.15) is 24.3 Å². The number of unbranched alkanes of at least 4 members (excludes halogenated alkanes) is 2. The van der Waals surface area contributed by atoms with E-state index >= 15 is 0 Å². The van der Waals surface area contributed by atoms with Gasteiger partial charge < -0.3 is 29.4 Å². The van der Waals surface area contributed by atoms with Crippen molar-refractivity contribution in [2.75, 3.05) is 25.3 Å². The maximum atomic E-state index is 13.3. The van der Waals surface area contributed by atoms with Crippen LogP contribution in [-0.2, 0) is 25.1 Å². The Morgan fingerprint density at radius 3 is 2.88 bits per heavy atom. The number of rotatable bonds is 12. The van der Waals surface area contributed by atoms with Gasteiger partial charge in [-0.3, -0.25) is 4.57 Å². The van der Waals surface area contributed by atoms with E-state index in [1.54, 1.807) is 10.9 Å². The summed E-state index contributed by atoms with van der Waals surface area (Å²) in [7, 11) is -3.30. The SMILES string of the molecule is CCCCCOC(O)[C@@H](NP1(=O)CO[C@@H](Cn2cnc3c(N)ncnc32)CO1)C(C)CC. The van der Waals surface area contributed by atoms with Crippen LogP contribution in [-0.4, -0.2) is 62.6 Å². The summed E-state index contributed by atoms with van der Waals surface area (Å²) in [6, 6.07) is -0.523. The molecule has 2 aromatic rings. The average molecular weight is 471 g/mol. The van der Waals surface area contributed by atoms with Crippen molar-refractivity contribution >= 4 is 24.5 Å². The number of anilines is 1. The van der Waals surface area contributed by atoms with E-state index in [0.29, 0.717) is 30.1 Å². The second-order valence-electron chi connectivity index (χ2n) is 8.22. The first kappa shape index (κ1) is 25.0. The number of hydrogen-bond acceptors (Lipinski definition) is 9. The van der Waals surface area contributed by atoms with Crippen LogP contribution in [0.4, 0.5) is 5.82 Å². The topological polar surface area (TPSA) is 147 Å². The summed E-state index contributed by atoms with van der Waals surface area (Å²) in [6.07, 6.45) is 5.28. The van der Waals surface area contributed by atoms with E-state index in [9.17, 15) is 9.67 Å². The Hall–Kier alpha value is -1.62. The number of aliphatic hydroxyl groups is 1. The molecule has 1 saturated heterocycles. The van der Waals surface area contributed by atoms with Gasteiger partial charge in [-0.05, 0) is 12.3 Å². The molecule has 0 saturated carbocycles. The van der Waals surface area contributed by atoms with Crippen LogP contribution >= 0.6 is 7.52 Å². The normalized spacial score (nSPS) is 24.4. The Bertz CT molecular complexity index is 900. The molecule has 3 unspecified atom stereocenters. The average Bonchev–Trinajstić information content (AvgIpc) is 3.20. The van der Waals surface area contributed by atoms with E-state index < -0.39 is 19.9 Å². The van der Waals surface area contributed by atoms with Gasteiger partial charge in [0.2, 0.25) is 0 Å². The zero-order valence-corrected chi connectivity index (χ0v) is 19.9. The van der Waals surface area contributed by atoms with E-state index in [-0.39, 0.29) is 25.0 Å². The second kappa shape index (κ2) is 11.5. The summed E-state index contributed by atoms with van der Waals surface area (Å²) in [5.41, 5.74) is 6.96. The van der Waals surface area contributed by atoms with Gasteiger partial charge >= 0.3 is 0 Å². The number of imidazole rings is 1. The van der Waals surface area contributed by atoms with Crippen LogP contribution in [0.25, 0.3) is 11.2 Å². The van der Waals surface area contributed by atoms with Gasteiger partial charge in [0.15, 0.2) is 17.8 Å². The first-order valence-corrected chi connectivity index (χ1v) is 13.0. The Balaban J connectivity index is 1.57. The fourth-order valence-corrected chi connectivity index (χ4v) is 5.41.